The molecule has 0 aliphatic carbocycles. The number of aromatic hydroxyl groups is 1. The molecule has 2 rings (SSSR count). The standard InChI is InChI=1S/C19H21NO4/c1-3-4-11-23-19(22)10-6-15-5-8-17(14(2)12-15)24-18-9-7-16(21)13-20-18/h5-10,12-13,21H,3-4,11H2,1-2H3. The molecule has 0 bridgehead atoms. The van der Waals surface area contributed by atoms with Crippen molar-refractivity contribution in [1.29, 1.82) is 0 Å². The van der Waals surface area contributed by atoms with Crippen LogP contribution in [0.3, 0.4) is 0 Å². The van der Waals surface area contributed by atoms with E-state index in [2.05, 4.69) is 4.98 Å². The quantitative estimate of drug-likeness (QED) is 0.468. The fourth-order valence-corrected chi connectivity index (χ4v) is 1.97. The first-order valence-corrected chi connectivity index (χ1v) is 7.87. The maximum Gasteiger partial charge on any atom is 0.330 e. The van der Waals surface area contributed by atoms with Crippen LogP contribution in [0, 0.1) is 6.92 Å². The summed E-state index contributed by atoms with van der Waals surface area (Å²) in [5.41, 5.74) is 1.79. The number of carbonyl (C=O) groups excluding carboxylic acids is 1. The fraction of sp³-hybridized carbons (Fsp3) is 0.263. The second-order valence-corrected chi connectivity index (χ2v) is 5.34. The summed E-state index contributed by atoms with van der Waals surface area (Å²) in [6.07, 6.45) is 6.33. The summed E-state index contributed by atoms with van der Waals surface area (Å²) in [6.45, 7) is 4.40. The molecule has 126 valence electrons. The molecule has 0 unspecified atom stereocenters. The van der Waals surface area contributed by atoms with Crippen molar-refractivity contribution in [3.63, 3.8) is 0 Å². The molecule has 0 saturated heterocycles. The summed E-state index contributed by atoms with van der Waals surface area (Å²) in [5.74, 6) is 0.814. The van der Waals surface area contributed by atoms with Gasteiger partial charge in [0, 0.05) is 12.1 Å². The summed E-state index contributed by atoms with van der Waals surface area (Å²) in [6, 6.07) is 8.67. The number of benzene rings is 1. The van der Waals surface area contributed by atoms with E-state index in [9.17, 15) is 9.90 Å². The highest BCUT2D eigenvalue weighted by Crippen LogP contribution is 2.25. The zero-order chi connectivity index (χ0) is 17.4. The highest BCUT2D eigenvalue weighted by molar-refractivity contribution is 5.87. The van der Waals surface area contributed by atoms with Crippen LogP contribution in [0.15, 0.2) is 42.6 Å². The molecule has 0 radical (unpaired) electrons. The van der Waals surface area contributed by atoms with Crippen LogP contribution >= 0.6 is 0 Å². The Kier molecular flexibility index (Phi) is 6.37. The van der Waals surface area contributed by atoms with Gasteiger partial charge in [0.2, 0.25) is 5.88 Å². The third-order valence-corrected chi connectivity index (χ3v) is 3.29. The minimum absolute atomic E-state index is 0.0883. The van der Waals surface area contributed by atoms with Gasteiger partial charge in [-0.2, -0.15) is 0 Å². The van der Waals surface area contributed by atoms with Crippen molar-refractivity contribution in [1.82, 2.24) is 4.98 Å². The number of aromatic nitrogens is 1. The summed E-state index contributed by atoms with van der Waals surface area (Å²) >= 11 is 0. The minimum atomic E-state index is -0.338. The normalized spacial score (nSPS) is 10.8. The van der Waals surface area contributed by atoms with Gasteiger partial charge in [-0.05, 0) is 48.7 Å². The van der Waals surface area contributed by atoms with Crippen LogP contribution in [0.4, 0.5) is 0 Å². The van der Waals surface area contributed by atoms with Crippen molar-refractivity contribution >= 4 is 12.0 Å². The predicted octanol–water partition coefficient (Wildman–Crippen LogP) is 4.24. The molecule has 0 fully saturated rings. The summed E-state index contributed by atoms with van der Waals surface area (Å²) < 4.78 is 10.7. The number of esters is 1. The lowest BCUT2D eigenvalue weighted by Crippen LogP contribution is -2.01. The SMILES string of the molecule is CCCCOC(=O)C=Cc1ccc(Oc2ccc(O)cn2)c(C)c1. The Balaban J connectivity index is 1.98. The number of carbonyl (C=O) groups is 1. The van der Waals surface area contributed by atoms with Crippen LogP contribution in [0.1, 0.15) is 30.9 Å². The third-order valence-electron chi connectivity index (χ3n) is 3.29. The second kappa shape index (κ2) is 8.72. The number of hydrogen-bond donors (Lipinski definition) is 1. The molecule has 1 N–H and O–H groups in total. The zero-order valence-corrected chi connectivity index (χ0v) is 13.9. The topological polar surface area (TPSA) is 68.7 Å². The highest BCUT2D eigenvalue weighted by Gasteiger charge is 2.04. The first-order valence-electron chi connectivity index (χ1n) is 7.87. The number of aryl methyl sites for hydroxylation is 1. The van der Waals surface area contributed by atoms with Crippen LogP contribution in [0.25, 0.3) is 6.08 Å². The molecular formula is C19H21NO4. The van der Waals surface area contributed by atoms with Gasteiger partial charge in [-0.15, -0.1) is 0 Å². The molecule has 0 aliphatic rings. The minimum Gasteiger partial charge on any atom is -0.506 e. The molecule has 0 saturated carbocycles. The smallest absolute Gasteiger partial charge is 0.330 e. The van der Waals surface area contributed by atoms with Crippen molar-refractivity contribution in [2.75, 3.05) is 6.61 Å². The largest absolute Gasteiger partial charge is 0.506 e. The lowest BCUT2D eigenvalue weighted by Gasteiger charge is -2.08. The molecule has 1 aromatic heterocycles. The second-order valence-electron chi connectivity index (χ2n) is 5.34. The monoisotopic (exact) mass is 327 g/mol. The molecule has 1 heterocycles. The number of pyridine rings is 1. The van der Waals surface area contributed by atoms with Crippen molar-refractivity contribution < 1.29 is 19.4 Å². The molecule has 5 nitrogen and oxygen atoms in total. The summed E-state index contributed by atoms with van der Waals surface area (Å²) in [4.78, 5) is 15.5. The Morgan fingerprint density at radius 3 is 2.79 bits per heavy atom. The van der Waals surface area contributed by atoms with Crippen molar-refractivity contribution in [2.24, 2.45) is 0 Å². The van der Waals surface area contributed by atoms with Gasteiger partial charge < -0.3 is 14.6 Å². The first-order chi connectivity index (χ1) is 11.6. The van der Waals surface area contributed by atoms with E-state index in [1.807, 2.05) is 32.0 Å². The maximum atomic E-state index is 11.5. The average Bonchev–Trinajstić information content (AvgIpc) is 2.57. The number of ether oxygens (including phenoxy) is 2. The molecule has 1 aromatic carbocycles. The van der Waals surface area contributed by atoms with E-state index < -0.39 is 0 Å². The fourth-order valence-electron chi connectivity index (χ4n) is 1.97. The van der Waals surface area contributed by atoms with Crippen LogP contribution < -0.4 is 4.74 Å². The molecule has 0 amide bonds. The van der Waals surface area contributed by atoms with E-state index in [4.69, 9.17) is 9.47 Å². The Labute approximate surface area is 141 Å². The maximum absolute atomic E-state index is 11.5. The number of unbranched alkanes of at least 4 members (excludes halogenated alkanes) is 1. The predicted molar refractivity (Wildman–Crippen MR) is 92.1 cm³/mol. The third kappa shape index (κ3) is 5.43. The van der Waals surface area contributed by atoms with Gasteiger partial charge in [0.1, 0.15) is 11.5 Å². The van der Waals surface area contributed by atoms with Crippen LogP contribution in [-0.4, -0.2) is 22.7 Å². The van der Waals surface area contributed by atoms with E-state index in [0.717, 1.165) is 24.0 Å². The van der Waals surface area contributed by atoms with Crippen LogP contribution in [-0.2, 0) is 9.53 Å². The summed E-state index contributed by atoms with van der Waals surface area (Å²) in [5, 5.41) is 9.22. The Bertz CT molecular complexity index is 708. The molecule has 0 spiro atoms. The molecule has 0 aliphatic heterocycles. The summed E-state index contributed by atoms with van der Waals surface area (Å²) in [7, 11) is 0. The van der Waals surface area contributed by atoms with Crippen LogP contribution in [0.2, 0.25) is 0 Å². The highest BCUT2D eigenvalue weighted by atomic mass is 16.5. The molecular weight excluding hydrogens is 306 g/mol. The van der Waals surface area contributed by atoms with E-state index in [1.165, 1.54) is 18.3 Å². The van der Waals surface area contributed by atoms with Gasteiger partial charge in [0.05, 0.1) is 12.8 Å². The van der Waals surface area contributed by atoms with Gasteiger partial charge in [0.15, 0.2) is 0 Å². The zero-order valence-electron chi connectivity index (χ0n) is 13.9. The first kappa shape index (κ1) is 17.5. The van der Waals surface area contributed by atoms with Gasteiger partial charge in [-0.3, -0.25) is 0 Å². The molecule has 2 aromatic rings. The lowest BCUT2D eigenvalue weighted by molar-refractivity contribution is -0.137. The molecule has 5 heteroatoms. The number of rotatable bonds is 7. The van der Waals surface area contributed by atoms with Crippen molar-refractivity contribution in [3.05, 3.63) is 53.7 Å². The number of hydrogen-bond acceptors (Lipinski definition) is 5. The lowest BCUT2D eigenvalue weighted by atomic mass is 10.1. The Hall–Kier alpha value is -2.82. The van der Waals surface area contributed by atoms with Gasteiger partial charge in [-0.1, -0.05) is 19.4 Å². The average molecular weight is 327 g/mol. The van der Waals surface area contributed by atoms with E-state index in [-0.39, 0.29) is 11.7 Å². The Morgan fingerprint density at radius 1 is 1.29 bits per heavy atom. The molecule has 24 heavy (non-hydrogen) atoms. The number of nitrogens with zero attached hydrogens (tertiary/aromatic N) is 1. The van der Waals surface area contributed by atoms with Gasteiger partial charge in [0.25, 0.3) is 0 Å². The van der Waals surface area contributed by atoms with Crippen LogP contribution in [0.5, 0.6) is 17.4 Å². The van der Waals surface area contributed by atoms with E-state index >= 15 is 0 Å². The van der Waals surface area contributed by atoms with Gasteiger partial charge >= 0.3 is 5.97 Å². The van der Waals surface area contributed by atoms with E-state index in [0.29, 0.717) is 18.2 Å². The Morgan fingerprint density at radius 2 is 2.12 bits per heavy atom. The van der Waals surface area contributed by atoms with E-state index in [1.54, 1.807) is 12.1 Å². The van der Waals surface area contributed by atoms with Gasteiger partial charge in [-0.25, -0.2) is 9.78 Å². The van der Waals surface area contributed by atoms with Crippen molar-refractivity contribution in [2.45, 2.75) is 26.7 Å². The molecule has 0 atom stereocenters. The van der Waals surface area contributed by atoms with Crippen molar-refractivity contribution in [3.8, 4) is 17.4 Å².